The molecule has 2 aliphatic carbocycles. The van der Waals surface area contributed by atoms with Crippen LogP contribution in [-0.2, 0) is 36.3 Å². The average molecular weight is 668 g/mol. The van der Waals surface area contributed by atoms with Gasteiger partial charge in [-0.25, -0.2) is 17.2 Å². The van der Waals surface area contributed by atoms with E-state index in [1.54, 1.807) is 0 Å². The number of aryl methyl sites for hydroxylation is 2. The molecule has 0 bridgehead atoms. The number of fused-ring (bicyclic) bond motifs is 3. The Morgan fingerprint density at radius 2 is 1.44 bits per heavy atom. The SMILES string of the molecule is Cc1cc2c(cc1C(F)(C(F)(F)F)C(F)(F)F)CC[C@H]1N(C(=O)C3CCC(C(=O)O)CC3)CC[C@@]21S(=O)(=O)c1ccc(F)cc1. The fourth-order valence-electron chi connectivity index (χ4n) is 7.41. The summed E-state index contributed by atoms with van der Waals surface area (Å²) in [4.78, 5) is 26.2. The predicted octanol–water partition coefficient (Wildman–Crippen LogP) is 6.53. The molecule has 5 rings (SSSR count). The van der Waals surface area contributed by atoms with E-state index in [-0.39, 0.29) is 67.5 Å². The van der Waals surface area contributed by atoms with Crippen LogP contribution in [0.2, 0.25) is 0 Å². The van der Waals surface area contributed by atoms with Gasteiger partial charge < -0.3 is 10.0 Å². The van der Waals surface area contributed by atoms with Gasteiger partial charge in [0.2, 0.25) is 5.91 Å². The Labute approximate surface area is 253 Å². The van der Waals surface area contributed by atoms with E-state index >= 15 is 4.39 Å². The van der Waals surface area contributed by atoms with Gasteiger partial charge in [0.15, 0.2) is 9.84 Å². The molecule has 0 spiro atoms. The summed E-state index contributed by atoms with van der Waals surface area (Å²) in [5.41, 5.74) is -8.58. The number of hydrogen-bond acceptors (Lipinski definition) is 4. The minimum Gasteiger partial charge on any atom is -0.481 e. The number of hydrogen-bond donors (Lipinski definition) is 1. The summed E-state index contributed by atoms with van der Waals surface area (Å²) in [7, 11) is -4.61. The van der Waals surface area contributed by atoms with E-state index in [9.17, 15) is 53.8 Å². The Hall–Kier alpha value is -3.23. The van der Waals surface area contributed by atoms with Crippen molar-refractivity contribution in [1.82, 2.24) is 4.90 Å². The van der Waals surface area contributed by atoms with E-state index in [0.717, 1.165) is 37.3 Å². The Balaban J connectivity index is 1.66. The number of alkyl halides is 7. The summed E-state index contributed by atoms with van der Waals surface area (Å²) in [5, 5.41) is 9.32. The molecule has 1 saturated heterocycles. The number of carboxylic acid groups (broad SMARTS) is 1. The number of carboxylic acids is 1. The molecular weight excluding hydrogens is 638 g/mol. The number of nitrogens with zero attached hydrogens (tertiary/aromatic N) is 1. The molecule has 1 aliphatic heterocycles. The fraction of sp³-hybridized carbons (Fsp3) is 0.533. The molecule has 2 fully saturated rings. The first-order valence-electron chi connectivity index (χ1n) is 14.3. The van der Waals surface area contributed by atoms with Crippen LogP contribution >= 0.6 is 0 Å². The second-order valence-electron chi connectivity index (χ2n) is 12.0. The molecule has 0 unspecified atom stereocenters. The van der Waals surface area contributed by atoms with Crippen molar-refractivity contribution in [3.8, 4) is 0 Å². The highest BCUT2D eigenvalue weighted by Gasteiger charge is 2.74. The first kappa shape index (κ1) is 33.1. The maximum absolute atomic E-state index is 15.2. The topological polar surface area (TPSA) is 91.8 Å². The number of likely N-dealkylation sites (tertiary alicyclic amines) is 1. The maximum Gasteiger partial charge on any atom is 0.435 e. The lowest BCUT2D eigenvalue weighted by Gasteiger charge is -2.44. The largest absolute Gasteiger partial charge is 0.481 e. The molecular formula is C30H29F8NO5S. The lowest BCUT2D eigenvalue weighted by Crippen LogP contribution is -2.54. The third-order valence-electron chi connectivity index (χ3n) is 9.70. The Morgan fingerprint density at radius 1 is 0.889 bits per heavy atom. The highest BCUT2D eigenvalue weighted by atomic mass is 32.2. The van der Waals surface area contributed by atoms with Gasteiger partial charge in [-0.2, -0.15) is 26.3 Å². The zero-order chi connectivity index (χ0) is 33.3. The lowest BCUT2D eigenvalue weighted by atomic mass is 9.75. The zero-order valence-corrected chi connectivity index (χ0v) is 24.6. The van der Waals surface area contributed by atoms with E-state index in [4.69, 9.17) is 0 Å². The van der Waals surface area contributed by atoms with E-state index in [1.807, 2.05) is 0 Å². The third-order valence-corrected chi connectivity index (χ3v) is 12.2. The summed E-state index contributed by atoms with van der Waals surface area (Å²) in [6.07, 6.45) is -12.5. The minimum absolute atomic E-state index is 0.124. The van der Waals surface area contributed by atoms with Gasteiger partial charge in [0, 0.05) is 18.0 Å². The predicted molar refractivity (Wildman–Crippen MR) is 143 cm³/mol. The molecule has 1 amide bonds. The van der Waals surface area contributed by atoms with Gasteiger partial charge in [0.25, 0.3) is 0 Å². The number of aliphatic carboxylic acids is 1. The van der Waals surface area contributed by atoms with Crippen molar-refractivity contribution in [2.24, 2.45) is 11.8 Å². The van der Waals surface area contributed by atoms with Crippen LogP contribution in [0.5, 0.6) is 0 Å². The number of halogens is 8. The monoisotopic (exact) mass is 667 g/mol. The molecule has 6 nitrogen and oxygen atoms in total. The van der Waals surface area contributed by atoms with Crippen LogP contribution in [0, 0.1) is 24.6 Å². The number of amides is 1. The summed E-state index contributed by atoms with van der Waals surface area (Å²) in [6.45, 7) is 0.711. The second-order valence-corrected chi connectivity index (χ2v) is 14.3. The van der Waals surface area contributed by atoms with Crippen molar-refractivity contribution >= 4 is 21.7 Å². The molecule has 1 N–H and O–H groups in total. The number of sulfone groups is 1. The van der Waals surface area contributed by atoms with Crippen LogP contribution in [0.15, 0.2) is 41.3 Å². The van der Waals surface area contributed by atoms with Crippen LogP contribution in [0.25, 0.3) is 0 Å². The standard InChI is InChI=1S/C30H29F8NO5S/c1-16-14-23-19(15-22(16)28(32,29(33,34)35)30(36,37)38)6-11-24-27(23,45(43,44)21-9-7-20(31)8-10-21)12-13-39(24)25(40)17-2-4-18(5-3-17)26(41)42/h7-10,14-15,17-18,24H,2-6,11-13H2,1H3,(H,41,42)/t17?,18?,24-,27-/m1/s1. The Morgan fingerprint density at radius 3 is 1.98 bits per heavy atom. The average Bonchev–Trinajstić information content (AvgIpc) is 3.37. The first-order valence-corrected chi connectivity index (χ1v) is 15.8. The Bertz CT molecular complexity index is 1600. The van der Waals surface area contributed by atoms with Crippen LogP contribution in [0.4, 0.5) is 35.1 Å². The molecule has 2 aromatic rings. The van der Waals surface area contributed by atoms with E-state index in [0.29, 0.717) is 6.07 Å². The summed E-state index contributed by atoms with van der Waals surface area (Å²) >= 11 is 0. The van der Waals surface area contributed by atoms with Gasteiger partial charge in [-0.15, -0.1) is 0 Å². The van der Waals surface area contributed by atoms with Gasteiger partial charge in [-0.05, 0) is 92.8 Å². The third kappa shape index (κ3) is 4.99. The van der Waals surface area contributed by atoms with Gasteiger partial charge in [0.1, 0.15) is 10.6 Å². The number of carbonyl (C=O) groups excluding carboxylic acids is 1. The van der Waals surface area contributed by atoms with E-state index in [2.05, 4.69) is 0 Å². The van der Waals surface area contributed by atoms with Crippen LogP contribution in [0.1, 0.15) is 60.8 Å². The summed E-state index contributed by atoms with van der Waals surface area (Å²) < 4.78 is 138. The number of benzene rings is 2. The van der Waals surface area contributed by atoms with E-state index < -0.39 is 79.3 Å². The number of carbonyl (C=O) groups is 2. The molecule has 2 atom stereocenters. The quantitative estimate of drug-likeness (QED) is 0.289. The molecule has 45 heavy (non-hydrogen) atoms. The lowest BCUT2D eigenvalue weighted by molar-refractivity contribution is -0.348. The maximum atomic E-state index is 15.2. The molecule has 0 aromatic heterocycles. The Kier molecular flexibility index (Phi) is 8.06. The molecule has 0 radical (unpaired) electrons. The van der Waals surface area contributed by atoms with Crippen LogP contribution < -0.4 is 0 Å². The summed E-state index contributed by atoms with van der Waals surface area (Å²) in [6, 6.07) is 3.93. The van der Waals surface area contributed by atoms with Crippen molar-refractivity contribution in [3.05, 3.63) is 64.5 Å². The molecule has 246 valence electrons. The number of rotatable bonds is 5. The fourth-order valence-corrected chi connectivity index (χ4v) is 9.77. The van der Waals surface area contributed by atoms with Crippen molar-refractivity contribution in [3.63, 3.8) is 0 Å². The molecule has 1 saturated carbocycles. The highest BCUT2D eigenvalue weighted by Crippen LogP contribution is 2.57. The van der Waals surface area contributed by atoms with Crippen molar-refractivity contribution in [2.75, 3.05) is 6.54 Å². The van der Waals surface area contributed by atoms with Crippen molar-refractivity contribution in [1.29, 1.82) is 0 Å². The van der Waals surface area contributed by atoms with Crippen LogP contribution in [-0.4, -0.2) is 55.2 Å². The van der Waals surface area contributed by atoms with Gasteiger partial charge >= 0.3 is 24.0 Å². The van der Waals surface area contributed by atoms with Gasteiger partial charge in [0.05, 0.1) is 16.9 Å². The second kappa shape index (κ2) is 10.9. The highest BCUT2D eigenvalue weighted by molar-refractivity contribution is 7.92. The van der Waals surface area contributed by atoms with Crippen molar-refractivity contribution in [2.45, 2.75) is 85.6 Å². The van der Waals surface area contributed by atoms with Crippen molar-refractivity contribution < 1.29 is 58.2 Å². The zero-order valence-electron chi connectivity index (χ0n) is 23.8. The molecule has 1 heterocycles. The van der Waals surface area contributed by atoms with E-state index in [1.165, 1.54) is 4.90 Å². The van der Waals surface area contributed by atoms with Crippen LogP contribution in [0.3, 0.4) is 0 Å². The van der Waals surface area contributed by atoms with Gasteiger partial charge in [-0.1, -0.05) is 12.1 Å². The first-order chi connectivity index (χ1) is 20.8. The summed E-state index contributed by atoms with van der Waals surface area (Å²) in [5.74, 6) is -3.40. The molecule has 15 heteroatoms. The minimum atomic E-state index is -6.38. The molecule has 3 aliphatic rings. The molecule has 2 aromatic carbocycles. The van der Waals surface area contributed by atoms with Gasteiger partial charge in [-0.3, -0.25) is 9.59 Å². The normalized spacial score (nSPS) is 25.9. The smallest absolute Gasteiger partial charge is 0.435 e.